The van der Waals surface area contributed by atoms with E-state index in [-0.39, 0.29) is 77.0 Å². The van der Waals surface area contributed by atoms with Gasteiger partial charge in [0.25, 0.3) is 5.91 Å². The molecule has 0 spiro atoms. The molecule has 3 rings (SSSR count). The summed E-state index contributed by atoms with van der Waals surface area (Å²) in [5, 5.41) is 16.6. The van der Waals surface area contributed by atoms with Gasteiger partial charge >= 0.3 is 0 Å². The van der Waals surface area contributed by atoms with Crippen molar-refractivity contribution in [3.8, 4) is 0 Å². The maximum atomic E-state index is 14.1. The summed E-state index contributed by atoms with van der Waals surface area (Å²) in [5.41, 5.74) is 25.3. The minimum atomic E-state index is -1.42. The van der Waals surface area contributed by atoms with E-state index in [0.29, 0.717) is 24.8 Å². The fourth-order valence-corrected chi connectivity index (χ4v) is 7.40. The van der Waals surface area contributed by atoms with Crippen LogP contribution in [0, 0.1) is 0 Å². The molecule has 376 valence electrons. The van der Waals surface area contributed by atoms with E-state index in [0.717, 1.165) is 27.8 Å². The predicted molar refractivity (Wildman–Crippen MR) is 259 cm³/mol. The summed E-state index contributed by atoms with van der Waals surface area (Å²) in [6, 6.07) is 9.11. The number of H-pyrrole nitrogens is 1. The number of guanidine groups is 1. The highest BCUT2D eigenvalue weighted by atomic mass is 16.2. The van der Waals surface area contributed by atoms with Crippen molar-refractivity contribution in [1.29, 1.82) is 0 Å². The third kappa shape index (κ3) is 19.4. The van der Waals surface area contributed by atoms with Crippen molar-refractivity contribution in [3.63, 3.8) is 0 Å². The highest BCUT2D eigenvalue weighted by Gasteiger charge is 2.32. The van der Waals surface area contributed by atoms with E-state index < -0.39 is 83.5 Å². The largest absolute Gasteiger partial charge is 0.370 e. The van der Waals surface area contributed by atoms with Crippen molar-refractivity contribution in [2.24, 2.45) is 27.9 Å². The quantitative estimate of drug-likeness (QED) is 0.0162. The number of carbonyl (C=O) groups excluding carboxylic acids is 9. The Morgan fingerprint density at radius 1 is 0.696 bits per heavy atom. The fourth-order valence-electron chi connectivity index (χ4n) is 7.40. The van der Waals surface area contributed by atoms with Crippen molar-refractivity contribution < 1.29 is 43.2 Å². The van der Waals surface area contributed by atoms with Crippen LogP contribution in [0.2, 0.25) is 0 Å². The van der Waals surface area contributed by atoms with Gasteiger partial charge in [-0.3, -0.25) is 53.0 Å². The first-order valence-electron chi connectivity index (χ1n) is 23.2. The number of nitrogens with two attached hydrogens (primary N) is 4. The number of hydrogen-bond acceptors (Lipinski definition) is 11. The molecule has 22 nitrogen and oxygen atoms in total. The smallest absolute Gasteiger partial charge is 0.251 e. The molecule has 2 aromatic carbocycles. The third-order valence-electron chi connectivity index (χ3n) is 11.1. The molecule has 0 aliphatic rings. The zero-order chi connectivity index (χ0) is 50.9. The van der Waals surface area contributed by atoms with Gasteiger partial charge < -0.3 is 59.8 Å². The number of nitrogens with one attached hydrogen (secondary N) is 7. The molecule has 6 atom stereocenters. The van der Waals surface area contributed by atoms with E-state index in [4.69, 9.17) is 22.9 Å². The van der Waals surface area contributed by atoms with Gasteiger partial charge in [-0.15, -0.1) is 0 Å². The molecule has 1 heterocycles. The number of aromatic nitrogens is 1. The number of fused-ring (bicyclic) bond motifs is 1. The van der Waals surface area contributed by atoms with Gasteiger partial charge in [-0.25, -0.2) is 0 Å². The summed E-state index contributed by atoms with van der Waals surface area (Å²) >= 11 is 0. The van der Waals surface area contributed by atoms with Gasteiger partial charge in [-0.1, -0.05) is 75.2 Å². The normalized spacial score (nSPS) is 13.5. The van der Waals surface area contributed by atoms with E-state index in [1.165, 1.54) is 6.92 Å². The number of carbonyl (C=O) groups is 9. The number of aliphatic imine (C=N–C) groups is 1. The highest BCUT2D eigenvalue weighted by Crippen LogP contribution is 2.19. The number of unbranched alkanes of at least 4 members (excludes halogenated alkanes) is 1. The maximum absolute atomic E-state index is 14.1. The average Bonchev–Trinajstić information content (AvgIpc) is 3.73. The second-order valence-electron chi connectivity index (χ2n) is 16.7. The summed E-state index contributed by atoms with van der Waals surface area (Å²) in [5.74, 6) is -5.78. The Bertz CT molecular complexity index is 2230. The van der Waals surface area contributed by atoms with Crippen LogP contribution in [0.15, 0.2) is 65.8 Å². The first-order chi connectivity index (χ1) is 33.0. The standard InChI is InChI=1S/C47H69N13O9/c1-4-6-16-35(55-29(3)62)43(66)58-38(46(69)60(28-61)24-5-2)19-20-40(63)52-23-21-37(45(68)59-39(41(49)64)26-31-27-54-34-17-11-10-15-32(31)34)57-44(67)36(18-12-22-53-47(50)51)56-42(65)33(48)25-30-13-8-7-9-14-30/h7-11,13-15,17,27-28,33,35-39,54H,4-6,12,16,18-26,48H2,1-3H3,(H2,49,64)(H,52,63)(H,55,62)(H,56,65)(H,57,67)(H,58,66)(H,59,68)(H4,50,51,53)/t33?,35-,36-,37?,38?,39-/m0/s1. The minimum absolute atomic E-state index is 0.00829. The second kappa shape index (κ2) is 29.4. The van der Waals surface area contributed by atoms with Crippen molar-refractivity contribution >= 4 is 70.5 Å². The van der Waals surface area contributed by atoms with Crippen LogP contribution in [0.25, 0.3) is 10.9 Å². The van der Waals surface area contributed by atoms with Gasteiger partial charge in [0, 0.05) is 56.5 Å². The Labute approximate surface area is 401 Å². The molecule has 0 aliphatic carbocycles. The number of imide groups is 1. The SMILES string of the molecule is CCCC[C@H](NC(C)=O)C(=O)NC(CCC(=O)NCCC(NC(=O)[C@H](CCCN=C(N)N)NC(=O)C(N)Cc1ccccc1)C(=O)N[C@@H](Cc1c[nH]c2ccccc12)C(N)=O)C(=O)N(C=O)CCC. The molecule has 0 fully saturated rings. The predicted octanol–water partition coefficient (Wildman–Crippen LogP) is -0.865. The highest BCUT2D eigenvalue weighted by molar-refractivity contribution is 5.96. The topological polar surface area (TPSA) is 361 Å². The fraction of sp³-hybridized carbons (Fsp3) is 0.489. The lowest BCUT2D eigenvalue weighted by Gasteiger charge is -2.26. The van der Waals surface area contributed by atoms with E-state index in [1.54, 1.807) is 37.4 Å². The van der Waals surface area contributed by atoms with Crippen LogP contribution in [0.4, 0.5) is 0 Å². The maximum Gasteiger partial charge on any atom is 0.251 e. The van der Waals surface area contributed by atoms with E-state index in [2.05, 4.69) is 41.9 Å². The summed E-state index contributed by atoms with van der Waals surface area (Å²) in [7, 11) is 0. The zero-order valence-electron chi connectivity index (χ0n) is 39.6. The second-order valence-corrected chi connectivity index (χ2v) is 16.7. The van der Waals surface area contributed by atoms with Gasteiger partial charge in [-0.2, -0.15) is 0 Å². The van der Waals surface area contributed by atoms with Crippen LogP contribution in [-0.4, -0.2) is 125 Å². The van der Waals surface area contributed by atoms with E-state index in [1.807, 2.05) is 37.3 Å². The first kappa shape index (κ1) is 56.0. The lowest BCUT2D eigenvalue weighted by molar-refractivity contribution is -0.142. The van der Waals surface area contributed by atoms with Gasteiger partial charge in [-0.05, 0) is 62.1 Å². The molecule has 0 bridgehead atoms. The van der Waals surface area contributed by atoms with E-state index in [9.17, 15) is 43.2 Å². The molecule has 9 amide bonds. The Kier molecular flexibility index (Phi) is 23.9. The molecule has 22 heteroatoms. The molecule has 69 heavy (non-hydrogen) atoms. The molecule has 0 radical (unpaired) electrons. The number of hydrogen-bond donors (Lipinski definition) is 11. The molecular weight excluding hydrogens is 891 g/mol. The number of rotatable bonds is 31. The van der Waals surface area contributed by atoms with Crippen LogP contribution < -0.4 is 54.8 Å². The monoisotopic (exact) mass is 960 g/mol. The summed E-state index contributed by atoms with van der Waals surface area (Å²) < 4.78 is 0. The molecule has 15 N–H and O–H groups in total. The number of benzene rings is 2. The molecule has 1 aromatic heterocycles. The van der Waals surface area contributed by atoms with Gasteiger partial charge in [0.15, 0.2) is 5.96 Å². The van der Waals surface area contributed by atoms with Gasteiger partial charge in [0.1, 0.15) is 30.2 Å². The Hall–Kier alpha value is -7.36. The Morgan fingerprint density at radius 3 is 1.91 bits per heavy atom. The summed E-state index contributed by atoms with van der Waals surface area (Å²) in [6.07, 6.45) is 3.66. The van der Waals surface area contributed by atoms with Crippen LogP contribution in [0.5, 0.6) is 0 Å². The minimum Gasteiger partial charge on any atom is -0.370 e. The van der Waals surface area contributed by atoms with Gasteiger partial charge in [0.2, 0.25) is 47.8 Å². The van der Waals surface area contributed by atoms with Crippen LogP contribution in [-0.2, 0) is 56.0 Å². The van der Waals surface area contributed by atoms with Crippen LogP contribution in [0.3, 0.4) is 0 Å². The summed E-state index contributed by atoms with van der Waals surface area (Å²) in [4.78, 5) is 126. The molecule has 3 unspecified atom stereocenters. The molecular formula is C47H69N13O9. The van der Waals surface area contributed by atoms with Crippen molar-refractivity contribution in [1.82, 2.24) is 41.8 Å². The number of primary amides is 1. The van der Waals surface area contributed by atoms with Crippen molar-refractivity contribution in [2.45, 2.75) is 128 Å². The van der Waals surface area contributed by atoms with Crippen LogP contribution >= 0.6 is 0 Å². The number of amides is 9. The third-order valence-corrected chi connectivity index (χ3v) is 11.1. The molecule has 3 aromatic rings. The number of nitrogens with zero attached hydrogens (tertiary/aromatic N) is 2. The molecule has 0 aliphatic heterocycles. The van der Waals surface area contributed by atoms with Crippen molar-refractivity contribution in [3.05, 3.63) is 71.9 Å². The van der Waals surface area contributed by atoms with E-state index >= 15 is 0 Å². The summed E-state index contributed by atoms with van der Waals surface area (Å²) in [6.45, 7) is 4.86. The first-order valence-corrected chi connectivity index (χ1v) is 23.2. The Morgan fingerprint density at radius 2 is 1.29 bits per heavy atom. The average molecular weight is 960 g/mol. The number of aromatic amines is 1. The lowest BCUT2D eigenvalue weighted by Crippen LogP contribution is -2.58. The lowest BCUT2D eigenvalue weighted by atomic mass is 10.0. The molecule has 0 saturated heterocycles. The van der Waals surface area contributed by atoms with Crippen LogP contribution in [0.1, 0.15) is 89.7 Å². The van der Waals surface area contributed by atoms with Gasteiger partial charge in [0.05, 0.1) is 6.04 Å². The Balaban J connectivity index is 1.85. The molecule has 0 saturated carbocycles. The zero-order valence-corrected chi connectivity index (χ0v) is 39.6. The van der Waals surface area contributed by atoms with Crippen molar-refractivity contribution in [2.75, 3.05) is 19.6 Å². The number of para-hydroxylation sites is 1.